The lowest BCUT2D eigenvalue weighted by molar-refractivity contribution is -0.384. The lowest BCUT2D eigenvalue weighted by Crippen LogP contribution is -2.29. The first-order valence-electron chi connectivity index (χ1n) is 6.90. The van der Waals surface area contributed by atoms with Gasteiger partial charge in [0.25, 0.3) is 5.69 Å². The molecule has 0 saturated carbocycles. The Labute approximate surface area is 137 Å². The summed E-state index contributed by atoms with van der Waals surface area (Å²) in [7, 11) is 0. The SMILES string of the molecule is O=C(Cc1cccc([N+](=O)[O-])c1)NC[C@H](O)c1ccccc1Cl. The van der Waals surface area contributed by atoms with E-state index in [0.717, 1.165) is 0 Å². The van der Waals surface area contributed by atoms with Crippen molar-refractivity contribution < 1.29 is 14.8 Å². The fourth-order valence-corrected chi connectivity index (χ4v) is 2.36. The van der Waals surface area contributed by atoms with Crippen LogP contribution in [0.4, 0.5) is 5.69 Å². The zero-order valence-corrected chi connectivity index (χ0v) is 12.9. The molecule has 2 N–H and O–H groups in total. The number of nitro groups is 1. The van der Waals surface area contributed by atoms with Crippen LogP contribution in [-0.2, 0) is 11.2 Å². The standard InChI is InChI=1S/C16H15ClN2O4/c17-14-7-2-1-6-13(14)15(20)10-18-16(21)9-11-4-3-5-12(8-11)19(22)23/h1-8,15,20H,9-10H2,(H,18,21)/t15-/m0/s1. The molecule has 1 atom stereocenters. The molecule has 0 unspecified atom stereocenters. The molecule has 0 aromatic heterocycles. The number of nitro benzene ring substituents is 1. The normalized spacial score (nSPS) is 11.7. The van der Waals surface area contributed by atoms with Crippen LogP contribution in [0.3, 0.4) is 0 Å². The van der Waals surface area contributed by atoms with Crippen LogP contribution in [0.2, 0.25) is 5.02 Å². The highest BCUT2D eigenvalue weighted by atomic mass is 35.5. The van der Waals surface area contributed by atoms with Gasteiger partial charge >= 0.3 is 0 Å². The van der Waals surface area contributed by atoms with Crippen molar-refractivity contribution in [3.8, 4) is 0 Å². The third-order valence-electron chi connectivity index (χ3n) is 3.24. The monoisotopic (exact) mass is 334 g/mol. The Balaban J connectivity index is 1.91. The number of carbonyl (C=O) groups is 1. The van der Waals surface area contributed by atoms with Gasteiger partial charge in [-0.2, -0.15) is 0 Å². The molecule has 0 aliphatic carbocycles. The molecule has 0 aliphatic heterocycles. The summed E-state index contributed by atoms with van der Waals surface area (Å²) in [6.45, 7) is 0.0114. The number of hydrogen-bond donors (Lipinski definition) is 2. The third kappa shape index (κ3) is 4.77. The number of aliphatic hydroxyl groups excluding tert-OH is 1. The largest absolute Gasteiger partial charge is 0.387 e. The molecule has 0 radical (unpaired) electrons. The van der Waals surface area contributed by atoms with Gasteiger partial charge < -0.3 is 10.4 Å². The molecular formula is C16H15ClN2O4. The van der Waals surface area contributed by atoms with E-state index in [2.05, 4.69) is 5.32 Å². The van der Waals surface area contributed by atoms with Crippen molar-refractivity contribution in [2.45, 2.75) is 12.5 Å². The number of carbonyl (C=O) groups excluding carboxylic acids is 1. The Morgan fingerprint density at radius 2 is 2.00 bits per heavy atom. The molecule has 1 amide bonds. The molecule has 0 saturated heterocycles. The average Bonchev–Trinajstić information content (AvgIpc) is 2.53. The maximum atomic E-state index is 11.9. The van der Waals surface area contributed by atoms with Gasteiger partial charge in [-0.25, -0.2) is 0 Å². The van der Waals surface area contributed by atoms with E-state index in [4.69, 9.17) is 11.6 Å². The highest BCUT2D eigenvalue weighted by Gasteiger charge is 2.13. The van der Waals surface area contributed by atoms with Crippen molar-refractivity contribution in [2.75, 3.05) is 6.54 Å². The van der Waals surface area contributed by atoms with Gasteiger partial charge in [-0.1, -0.05) is 41.9 Å². The number of halogens is 1. The van der Waals surface area contributed by atoms with Gasteiger partial charge in [0, 0.05) is 29.3 Å². The molecule has 2 rings (SSSR count). The number of non-ortho nitro benzene ring substituents is 1. The van der Waals surface area contributed by atoms with Crippen molar-refractivity contribution in [3.63, 3.8) is 0 Å². The highest BCUT2D eigenvalue weighted by molar-refractivity contribution is 6.31. The Morgan fingerprint density at radius 3 is 2.70 bits per heavy atom. The first kappa shape index (κ1) is 16.9. The smallest absolute Gasteiger partial charge is 0.269 e. The summed E-state index contributed by atoms with van der Waals surface area (Å²) in [6, 6.07) is 12.7. The fourth-order valence-electron chi connectivity index (χ4n) is 2.09. The Bertz CT molecular complexity index is 721. The summed E-state index contributed by atoms with van der Waals surface area (Å²) in [5.41, 5.74) is 1.00. The summed E-state index contributed by atoms with van der Waals surface area (Å²) in [4.78, 5) is 22.1. The van der Waals surface area contributed by atoms with E-state index in [9.17, 15) is 20.0 Å². The van der Waals surface area contributed by atoms with Crippen LogP contribution in [-0.4, -0.2) is 22.5 Å². The zero-order valence-electron chi connectivity index (χ0n) is 12.1. The lowest BCUT2D eigenvalue weighted by Gasteiger charge is -2.13. The molecule has 0 fully saturated rings. The van der Waals surface area contributed by atoms with E-state index < -0.39 is 11.0 Å². The molecule has 120 valence electrons. The maximum Gasteiger partial charge on any atom is 0.269 e. The molecule has 6 nitrogen and oxygen atoms in total. The third-order valence-corrected chi connectivity index (χ3v) is 3.59. The van der Waals surface area contributed by atoms with Crippen molar-refractivity contribution >= 4 is 23.2 Å². The molecule has 0 bridgehead atoms. The summed E-state index contributed by atoms with van der Waals surface area (Å²) < 4.78 is 0. The quantitative estimate of drug-likeness (QED) is 0.627. The van der Waals surface area contributed by atoms with Gasteiger partial charge in [-0.15, -0.1) is 0 Å². The summed E-state index contributed by atoms with van der Waals surface area (Å²) in [5.74, 6) is -0.336. The topological polar surface area (TPSA) is 92.5 Å². The first-order chi connectivity index (χ1) is 11.0. The second kappa shape index (κ2) is 7.71. The zero-order chi connectivity index (χ0) is 16.8. The maximum absolute atomic E-state index is 11.9. The molecule has 0 heterocycles. The Morgan fingerprint density at radius 1 is 1.26 bits per heavy atom. The minimum Gasteiger partial charge on any atom is -0.387 e. The van der Waals surface area contributed by atoms with Gasteiger partial charge in [-0.3, -0.25) is 14.9 Å². The number of nitrogens with zero attached hydrogens (tertiary/aromatic N) is 1. The van der Waals surface area contributed by atoms with E-state index in [1.54, 1.807) is 30.3 Å². The highest BCUT2D eigenvalue weighted by Crippen LogP contribution is 2.21. The van der Waals surface area contributed by atoms with Crippen LogP contribution >= 0.6 is 11.6 Å². The number of aliphatic hydroxyl groups is 1. The van der Waals surface area contributed by atoms with Crippen molar-refractivity contribution in [1.82, 2.24) is 5.32 Å². The molecule has 23 heavy (non-hydrogen) atoms. The second-order valence-corrected chi connectivity index (χ2v) is 5.35. The predicted molar refractivity (Wildman–Crippen MR) is 86.2 cm³/mol. The lowest BCUT2D eigenvalue weighted by atomic mass is 10.1. The predicted octanol–water partition coefficient (Wildman–Crippen LogP) is 2.64. The van der Waals surface area contributed by atoms with E-state index in [1.165, 1.54) is 18.2 Å². The van der Waals surface area contributed by atoms with Gasteiger partial charge in [0.2, 0.25) is 5.91 Å². The van der Waals surface area contributed by atoms with Crippen molar-refractivity contribution in [3.05, 3.63) is 74.8 Å². The minimum atomic E-state index is -0.919. The summed E-state index contributed by atoms with van der Waals surface area (Å²) in [6.07, 6.45) is -0.922. The van der Waals surface area contributed by atoms with Gasteiger partial charge in [0.1, 0.15) is 0 Å². The van der Waals surface area contributed by atoms with Crippen LogP contribution in [0.15, 0.2) is 48.5 Å². The fraction of sp³-hybridized carbons (Fsp3) is 0.188. The summed E-state index contributed by atoms with van der Waals surface area (Å²) in [5, 5.41) is 23.8. The number of hydrogen-bond acceptors (Lipinski definition) is 4. The number of amides is 1. The van der Waals surface area contributed by atoms with Crippen molar-refractivity contribution in [1.29, 1.82) is 0 Å². The minimum absolute atomic E-state index is 0.00305. The molecule has 2 aromatic carbocycles. The Hall–Kier alpha value is -2.44. The van der Waals surface area contributed by atoms with E-state index in [0.29, 0.717) is 16.1 Å². The van der Waals surface area contributed by atoms with E-state index >= 15 is 0 Å². The van der Waals surface area contributed by atoms with E-state index in [1.807, 2.05) is 0 Å². The van der Waals surface area contributed by atoms with Crippen LogP contribution in [0.25, 0.3) is 0 Å². The molecule has 0 aliphatic rings. The summed E-state index contributed by atoms with van der Waals surface area (Å²) >= 11 is 5.97. The van der Waals surface area contributed by atoms with E-state index in [-0.39, 0.29) is 24.6 Å². The van der Waals surface area contributed by atoms with Gasteiger partial charge in [0.05, 0.1) is 17.4 Å². The average molecular weight is 335 g/mol. The van der Waals surface area contributed by atoms with Gasteiger partial charge in [-0.05, 0) is 11.6 Å². The Kier molecular flexibility index (Phi) is 5.67. The molecule has 0 spiro atoms. The second-order valence-electron chi connectivity index (χ2n) is 4.95. The van der Waals surface area contributed by atoms with Crippen LogP contribution in [0.1, 0.15) is 17.2 Å². The number of benzene rings is 2. The van der Waals surface area contributed by atoms with Gasteiger partial charge in [0.15, 0.2) is 0 Å². The van der Waals surface area contributed by atoms with Crippen molar-refractivity contribution in [2.24, 2.45) is 0 Å². The first-order valence-corrected chi connectivity index (χ1v) is 7.27. The van der Waals surface area contributed by atoms with Crippen LogP contribution in [0, 0.1) is 10.1 Å². The number of rotatable bonds is 6. The van der Waals surface area contributed by atoms with Crippen LogP contribution in [0.5, 0.6) is 0 Å². The molecule has 7 heteroatoms. The number of nitrogens with one attached hydrogen (secondary N) is 1. The van der Waals surface area contributed by atoms with Crippen LogP contribution < -0.4 is 5.32 Å². The molecule has 2 aromatic rings. The molecular weight excluding hydrogens is 320 g/mol.